The lowest BCUT2D eigenvalue weighted by atomic mass is 10.2. The van der Waals surface area contributed by atoms with Crippen LogP contribution in [0.1, 0.15) is 27.7 Å². The number of benzene rings is 1. The molecule has 0 saturated heterocycles. The molecule has 0 spiro atoms. The van der Waals surface area contributed by atoms with Crippen molar-refractivity contribution in [3.63, 3.8) is 0 Å². The number of anilines is 1. The van der Waals surface area contributed by atoms with E-state index in [0.29, 0.717) is 11.4 Å². The van der Waals surface area contributed by atoms with Crippen molar-refractivity contribution in [2.75, 3.05) is 11.9 Å². The molecule has 0 aromatic heterocycles. The van der Waals surface area contributed by atoms with Crippen LogP contribution in [-0.2, 0) is 9.53 Å². The number of carbonyl (C=O) groups is 2. The second kappa shape index (κ2) is 6.47. The predicted molar refractivity (Wildman–Crippen MR) is 78.8 cm³/mol. The van der Waals surface area contributed by atoms with Crippen LogP contribution < -0.4 is 9.64 Å². The fraction of sp³-hybridized carbons (Fsp3) is 0.467. The molecule has 0 heterocycles. The molecule has 0 saturated carbocycles. The molecule has 1 aromatic carbocycles. The lowest BCUT2D eigenvalue weighted by Gasteiger charge is -2.24. The van der Waals surface area contributed by atoms with Crippen molar-refractivity contribution < 1.29 is 24.2 Å². The number of carboxylic acid groups (broad SMARTS) is 1. The maximum Gasteiger partial charge on any atom is 0.414 e. The number of carboxylic acids is 1. The quantitative estimate of drug-likeness (QED) is 0.924. The Kier molecular flexibility index (Phi) is 5.18. The minimum Gasteiger partial charge on any atom is -0.479 e. The zero-order valence-corrected chi connectivity index (χ0v) is 12.9. The average molecular weight is 295 g/mol. The highest BCUT2D eigenvalue weighted by Crippen LogP contribution is 2.21. The van der Waals surface area contributed by atoms with E-state index < -0.39 is 23.8 Å². The van der Waals surface area contributed by atoms with Gasteiger partial charge in [-0.25, -0.2) is 9.59 Å². The summed E-state index contributed by atoms with van der Waals surface area (Å²) in [6, 6.07) is 6.53. The molecule has 1 amide bonds. The van der Waals surface area contributed by atoms with Gasteiger partial charge in [-0.1, -0.05) is 0 Å². The van der Waals surface area contributed by atoms with Gasteiger partial charge in [0.15, 0.2) is 6.10 Å². The third-order valence-corrected chi connectivity index (χ3v) is 2.55. The van der Waals surface area contributed by atoms with Crippen molar-refractivity contribution >= 4 is 17.7 Å². The molecule has 116 valence electrons. The monoisotopic (exact) mass is 295 g/mol. The smallest absolute Gasteiger partial charge is 0.414 e. The molecule has 0 aliphatic heterocycles. The van der Waals surface area contributed by atoms with Gasteiger partial charge >= 0.3 is 12.1 Å². The van der Waals surface area contributed by atoms with Gasteiger partial charge in [0.2, 0.25) is 0 Å². The van der Waals surface area contributed by atoms with E-state index in [1.54, 1.807) is 52.1 Å². The first-order chi connectivity index (χ1) is 9.60. The third kappa shape index (κ3) is 5.33. The molecule has 1 atom stereocenters. The zero-order chi connectivity index (χ0) is 16.2. The molecule has 21 heavy (non-hydrogen) atoms. The number of nitrogens with zero attached hydrogens (tertiary/aromatic N) is 1. The van der Waals surface area contributed by atoms with Crippen LogP contribution in [0.15, 0.2) is 24.3 Å². The number of rotatable bonds is 4. The first-order valence-corrected chi connectivity index (χ1v) is 6.56. The molecule has 1 rings (SSSR count). The normalized spacial score (nSPS) is 12.4. The molecule has 0 bridgehead atoms. The summed E-state index contributed by atoms with van der Waals surface area (Å²) in [6.45, 7) is 6.83. The van der Waals surface area contributed by atoms with Crippen molar-refractivity contribution in [2.45, 2.75) is 39.4 Å². The van der Waals surface area contributed by atoms with Crippen molar-refractivity contribution in [1.29, 1.82) is 0 Å². The van der Waals surface area contributed by atoms with E-state index in [9.17, 15) is 9.59 Å². The molecule has 0 radical (unpaired) electrons. The summed E-state index contributed by atoms with van der Waals surface area (Å²) in [5.74, 6) is -0.615. The Balaban J connectivity index is 2.73. The Labute approximate surface area is 124 Å². The van der Waals surface area contributed by atoms with Crippen molar-refractivity contribution in [3.05, 3.63) is 24.3 Å². The first kappa shape index (κ1) is 16.8. The molecular weight excluding hydrogens is 274 g/mol. The third-order valence-electron chi connectivity index (χ3n) is 2.55. The van der Waals surface area contributed by atoms with Gasteiger partial charge in [-0.3, -0.25) is 4.90 Å². The van der Waals surface area contributed by atoms with Crippen LogP contribution >= 0.6 is 0 Å². The fourth-order valence-corrected chi connectivity index (χ4v) is 1.44. The van der Waals surface area contributed by atoms with E-state index >= 15 is 0 Å². The lowest BCUT2D eigenvalue weighted by molar-refractivity contribution is -0.144. The predicted octanol–water partition coefficient (Wildman–Crippen LogP) is 2.91. The number of ether oxygens (including phenoxy) is 2. The van der Waals surface area contributed by atoms with Gasteiger partial charge in [-0.15, -0.1) is 0 Å². The molecule has 0 fully saturated rings. The number of aliphatic carboxylic acids is 1. The van der Waals surface area contributed by atoms with Crippen LogP contribution in [0.3, 0.4) is 0 Å². The van der Waals surface area contributed by atoms with Crippen LogP contribution in [-0.4, -0.2) is 35.9 Å². The largest absolute Gasteiger partial charge is 0.479 e. The minimum absolute atomic E-state index is 0.422. The van der Waals surface area contributed by atoms with E-state index in [1.807, 2.05) is 0 Å². The number of hydrogen-bond acceptors (Lipinski definition) is 4. The maximum atomic E-state index is 11.9. The summed E-state index contributed by atoms with van der Waals surface area (Å²) in [6.07, 6.45) is -1.39. The van der Waals surface area contributed by atoms with Gasteiger partial charge in [0.25, 0.3) is 0 Å². The summed E-state index contributed by atoms with van der Waals surface area (Å²) < 4.78 is 10.5. The Morgan fingerprint density at radius 2 is 1.71 bits per heavy atom. The summed E-state index contributed by atoms with van der Waals surface area (Å²) in [4.78, 5) is 24.0. The number of amides is 1. The highest BCUT2D eigenvalue weighted by molar-refractivity contribution is 5.87. The number of hydrogen-bond donors (Lipinski definition) is 1. The molecule has 1 unspecified atom stereocenters. The van der Waals surface area contributed by atoms with E-state index in [4.69, 9.17) is 14.6 Å². The van der Waals surface area contributed by atoms with Gasteiger partial charge in [0.1, 0.15) is 11.4 Å². The molecule has 6 heteroatoms. The molecule has 0 aliphatic rings. The molecule has 1 N–H and O–H groups in total. The second-order valence-corrected chi connectivity index (χ2v) is 5.63. The van der Waals surface area contributed by atoms with Gasteiger partial charge in [0.05, 0.1) is 0 Å². The topological polar surface area (TPSA) is 76.1 Å². The van der Waals surface area contributed by atoms with Crippen LogP contribution in [0.2, 0.25) is 0 Å². The zero-order valence-electron chi connectivity index (χ0n) is 12.9. The Hall–Kier alpha value is -2.24. The highest BCUT2D eigenvalue weighted by Gasteiger charge is 2.20. The molecule has 1 aromatic rings. The average Bonchev–Trinajstić information content (AvgIpc) is 2.36. The van der Waals surface area contributed by atoms with Crippen molar-refractivity contribution in [2.24, 2.45) is 0 Å². The SMILES string of the molecule is CC(Oc1ccc(N(C)C(=O)OC(C)(C)C)cc1)C(=O)O. The van der Waals surface area contributed by atoms with Crippen molar-refractivity contribution in [3.8, 4) is 5.75 Å². The highest BCUT2D eigenvalue weighted by atomic mass is 16.6. The standard InChI is InChI=1S/C15H21NO5/c1-10(13(17)18)20-12-8-6-11(7-9-12)16(5)14(19)21-15(2,3)4/h6-10H,1-5H3,(H,17,18). The van der Waals surface area contributed by atoms with E-state index in [2.05, 4.69) is 0 Å². The van der Waals surface area contributed by atoms with Crippen molar-refractivity contribution in [1.82, 2.24) is 0 Å². The molecular formula is C15H21NO5. The van der Waals surface area contributed by atoms with Crippen LogP contribution in [0.5, 0.6) is 5.75 Å². The summed E-state index contributed by atoms with van der Waals surface area (Å²) in [5, 5.41) is 8.77. The van der Waals surface area contributed by atoms with Gasteiger partial charge in [-0.2, -0.15) is 0 Å². The summed E-state index contributed by atoms with van der Waals surface area (Å²) >= 11 is 0. The minimum atomic E-state index is -1.04. The summed E-state index contributed by atoms with van der Waals surface area (Å²) in [5.41, 5.74) is 0.0604. The fourth-order valence-electron chi connectivity index (χ4n) is 1.44. The van der Waals surface area contributed by atoms with Gasteiger partial charge in [0, 0.05) is 12.7 Å². The van der Waals surface area contributed by atoms with Gasteiger partial charge < -0.3 is 14.6 Å². The van der Waals surface area contributed by atoms with Gasteiger partial charge in [-0.05, 0) is 52.0 Å². The Morgan fingerprint density at radius 1 is 1.19 bits per heavy atom. The second-order valence-electron chi connectivity index (χ2n) is 5.63. The molecule has 0 aliphatic carbocycles. The van der Waals surface area contributed by atoms with E-state index in [0.717, 1.165) is 0 Å². The summed E-state index contributed by atoms with van der Waals surface area (Å²) in [7, 11) is 1.60. The number of carbonyl (C=O) groups excluding carboxylic acids is 1. The van der Waals surface area contributed by atoms with Crippen LogP contribution in [0, 0.1) is 0 Å². The first-order valence-electron chi connectivity index (χ1n) is 6.56. The van der Waals surface area contributed by atoms with Crippen LogP contribution in [0.4, 0.5) is 10.5 Å². The molecule has 6 nitrogen and oxygen atoms in total. The maximum absolute atomic E-state index is 11.9. The van der Waals surface area contributed by atoms with E-state index in [1.165, 1.54) is 11.8 Å². The lowest BCUT2D eigenvalue weighted by Crippen LogP contribution is -2.34. The Bertz CT molecular complexity index is 504. The van der Waals surface area contributed by atoms with E-state index in [-0.39, 0.29) is 0 Å². The van der Waals surface area contributed by atoms with Crippen LogP contribution in [0.25, 0.3) is 0 Å². The Morgan fingerprint density at radius 3 is 2.14 bits per heavy atom.